The molecule has 2 amide bonds. The van der Waals surface area contributed by atoms with Gasteiger partial charge in [-0.3, -0.25) is 4.79 Å². The lowest BCUT2D eigenvalue weighted by molar-refractivity contribution is 0.0482. The zero-order valence-electron chi connectivity index (χ0n) is 11.8. The van der Waals surface area contributed by atoms with E-state index in [9.17, 15) is 14.7 Å². The van der Waals surface area contributed by atoms with Crippen LogP contribution in [-0.2, 0) is 4.74 Å². The van der Waals surface area contributed by atoms with Crippen LogP contribution >= 0.6 is 0 Å². The molecular weight excluding hydrogens is 260 g/mol. The van der Waals surface area contributed by atoms with Crippen LogP contribution in [0.2, 0.25) is 0 Å². The van der Waals surface area contributed by atoms with Crippen molar-refractivity contribution in [3.8, 4) is 0 Å². The van der Waals surface area contributed by atoms with Gasteiger partial charge in [-0.25, -0.2) is 4.79 Å². The molecule has 0 saturated heterocycles. The molecule has 1 aromatic carbocycles. The quantitative estimate of drug-likeness (QED) is 0.774. The monoisotopic (exact) mass is 280 g/mol. The van der Waals surface area contributed by atoms with Crippen molar-refractivity contribution in [1.82, 2.24) is 5.32 Å². The third kappa shape index (κ3) is 4.89. The number of amides is 2. The number of carbonyl (C=O) groups is 2. The van der Waals surface area contributed by atoms with Gasteiger partial charge in [-0.2, -0.15) is 0 Å². The average Bonchev–Trinajstić information content (AvgIpc) is 2.34. The fourth-order valence-corrected chi connectivity index (χ4v) is 1.59. The number of alkyl carbamates (subject to hydrolysis) is 1. The maximum absolute atomic E-state index is 11.7. The Bertz CT molecular complexity index is 494. The van der Waals surface area contributed by atoms with E-state index >= 15 is 0 Å². The molecule has 0 heterocycles. The van der Waals surface area contributed by atoms with E-state index in [0.717, 1.165) is 0 Å². The molecule has 0 fully saturated rings. The van der Waals surface area contributed by atoms with Gasteiger partial charge in [0.15, 0.2) is 0 Å². The van der Waals surface area contributed by atoms with E-state index in [-0.39, 0.29) is 6.61 Å². The standard InChI is InChI=1S/C14H20N2O4/c1-14(2,3)20-13(19)16-11(8-17)9-5-4-6-10(7-9)12(15)18/h4-7,11,17H,8H2,1-3H3,(H2,15,18)(H,16,19). The van der Waals surface area contributed by atoms with Crippen LogP contribution in [0.1, 0.15) is 42.7 Å². The number of ether oxygens (including phenoxy) is 1. The molecule has 0 bridgehead atoms. The minimum atomic E-state index is -0.663. The maximum Gasteiger partial charge on any atom is 0.408 e. The molecule has 1 rings (SSSR count). The summed E-state index contributed by atoms with van der Waals surface area (Å²) in [5.74, 6) is -0.569. The molecule has 0 spiro atoms. The molecule has 0 aliphatic carbocycles. The van der Waals surface area contributed by atoms with Gasteiger partial charge in [0.1, 0.15) is 5.60 Å². The van der Waals surface area contributed by atoms with Crippen LogP contribution in [0.5, 0.6) is 0 Å². The highest BCUT2D eigenvalue weighted by Crippen LogP contribution is 2.15. The minimum Gasteiger partial charge on any atom is -0.444 e. The Labute approximate surface area is 117 Å². The van der Waals surface area contributed by atoms with Crippen molar-refractivity contribution in [2.75, 3.05) is 6.61 Å². The Balaban J connectivity index is 2.83. The van der Waals surface area contributed by atoms with E-state index in [2.05, 4.69) is 5.32 Å². The summed E-state index contributed by atoms with van der Waals surface area (Å²) >= 11 is 0. The SMILES string of the molecule is CC(C)(C)OC(=O)NC(CO)c1cccc(C(N)=O)c1. The lowest BCUT2D eigenvalue weighted by atomic mass is 10.0. The topological polar surface area (TPSA) is 102 Å². The largest absolute Gasteiger partial charge is 0.444 e. The third-order valence-electron chi connectivity index (χ3n) is 2.45. The van der Waals surface area contributed by atoms with Gasteiger partial charge in [0.05, 0.1) is 12.6 Å². The van der Waals surface area contributed by atoms with Crippen molar-refractivity contribution in [2.24, 2.45) is 5.73 Å². The maximum atomic E-state index is 11.7. The van der Waals surface area contributed by atoms with Crippen molar-refractivity contribution >= 4 is 12.0 Å². The highest BCUT2D eigenvalue weighted by molar-refractivity contribution is 5.92. The first kappa shape index (κ1) is 16.0. The van der Waals surface area contributed by atoms with Crippen LogP contribution < -0.4 is 11.1 Å². The summed E-state index contributed by atoms with van der Waals surface area (Å²) in [4.78, 5) is 22.8. The highest BCUT2D eigenvalue weighted by Gasteiger charge is 2.20. The first-order valence-corrected chi connectivity index (χ1v) is 6.23. The molecule has 20 heavy (non-hydrogen) atoms. The summed E-state index contributed by atoms with van der Waals surface area (Å²) in [5.41, 5.74) is 5.46. The predicted molar refractivity (Wildman–Crippen MR) is 74.2 cm³/mol. The fraction of sp³-hybridized carbons (Fsp3) is 0.429. The second-order valence-corrected chi connectivity index (χ2v) is 5.37. The first-order chi connectivity index (χ1) is 9.23. The summed E-state index contributed by atoms with van der Waals surface area (Å²) in [5, 5.41) is 11.9. The van der Waals surface area contributed by atoms with E-state index < -0.39 is 23.6 Å². The van der Waals surface area contributed by atoms with Crippen LogP contribution in [0.25, 0.3) is 0 Å². The number of benzene rings is 1. The van der Waals surface area contributed by atoms with Gasteiger partial charge in [-0.15, -0.1) is 0 Å². The van der Waals surface area contributed by atoms with Gasteiger partial charge in [0.25, 0.3) is 0 Å². The zero-order valence-corrected chi connectivity index (χ0v) is 11.8. The summed E-state index contributed by atoms with van der Waals surface area (Å²) in [6.45, 7) is 4.91. The van der Waals surface area contributed by atoms with Gasteiger partial charge >= 0.3 is 6.09 Å². The number of aliphatic hydroxyl groups excluding tert-OH is 1. The van der Waals surface area contributed by atoms with E-state index in [4.69, 9.17) is 10.5 Å². The molecule has 6 heteroatoms. The molecular formula is C14H20N2O4. The number of hydrogen-bond acceptors (Lipinski definition) is 4. The molecule has 4 N–H and O–H groups in total. The predicted octanol–water partition coefficient (Wildman–Crippen LogP) is 1.34. The number of aliphatic hydroxyl groups is 1. The molecule has 1 atom stereocenters. The smallest absolute Gasteiger partial charge is 0.408 e. The number of primary amides is 1. The fourth-order valence-electron chi connectivity index (χ4n) is 1.59. The lowest BCUT2D eigenvalue weighted by Gasteiger charge is -2.23. The van der Waals surface area contributed by atoms with Crippen molar-refractivity contribution in [1.29, 1.82) is 0 Å². The highest BCUT2D eigenvalue weighted by atomic mass is 16.6. The normalized spacial score (nSPS) is 12.6. The van der Waals surface area contributed by atoms with Crippen LogP contribution in [-0.4, -0.2) is 29.3 Å². The van der Waals surface area contributed by atoms with Crippen molar-refractivity contribution < 1.29 is 19.4 Å². The Morgan fingerprint density at radius 3 is 2.55 bits per heavy atom. The van der Waals surface area contributed by atoms with E-state index in [0.29, 0.717) is 11.1 Å². The third-order valence-corrected chi connectivity index (χ3v) is 2.45. The van der Waals surface area contributed by atoms with Crippen LogP contribution in [0.15, 0.2) is 24.3 Å². The van der Waals surface area contributed by atoms with Gasteiger partial charge in [0.2, 0.25) is 5.91 Å². The van der Waals surface area contributed by atoms with E-state index in [1.54, 1.807) is 39.0 Å². The number of hydrogen-bond donors (Lipinski definition) is 3. The second kappa shape index (κ2) is 6.38. The molecule has 0 saturated carbocycles. The molecule has 0 aromatic heterocycles. The first-order valence-electron chi connectivity index (χ1n) is 6.23. The second-order valence-electron chi connectivity index (χ2n) is 5.37. The molecule has 110 valence electrons. The molecule has 6 nitrogen and oxygen atoms in total. The van der Waals surface area contributed by atoms with Crippen molar-refractivity contribution in [2.45, 2.75) is 32.4 Å². The van der Waals surface area contributed by atoms with Gasteiger partial charge < -0.3 is 20.9 Å². The number of carbonyl (C=O) groups excluding carboxylic acids is 2. The molecule has 1 aromatic rings. The summed E-state index contributed by atoms with van der Waals surface area (Å²) in [6, 6.07) is 5.75. The summed E-state index contributed by atoms with van der Waals surface area (Å²) in [7, 11) is 0. The lowest BCUT2D eigenvalue weighted by Crippen LogP contribution is -2.36. The van der Waals surface area contributed by atoms with Crippen LogP contribution in [0.3, 0.4) is 0 Å². The Kier molecular flexibility index (Phi) is 5.10. The Morgan fingerprint density at radius 2 is 2.05 bits per heavy atom. The molecule has 1 unspecified atom stereocenters. The average molecular weight is 280 g/mol. The summed E-state index contributed by atoms with van der Waals surface area (Å²) in [6.07, 6.45) is -0.638. The number of nitrogens with two attached hydrogens (primary N) is 1. The van der Waals surface area contributed by atoms with Crippen LogP contribution in [0.4, 0.5) is 4.79 Å². The summed E-state index contributed by atoms with van der Waals surface area (Å²) < 4.78 is 5.12. The van der Waals surface area contributed by atoms with Gasteiger partial charge in [0, 0.05) is 5.56 Å². The molecule has 0 aliphatic rings. The number of rotatable bonds is 4. The van der Waals surface area contributed by atoms with Crippen molar-refractivity contribution in [3.63, 3.8) is 0 Å². The van der Waals surface area contributed by atoms with Crippen LogP contribution in [0, 0.1) is 0 Å². The molecule has 0 radical (unpaired) electrons. The minimum absolute atomic E-state index is 0.312. The Hall–Kier alpha value is -2.08. The van der Waals surface area contributed by atoms with Gasteiger partial charge in [-0.05, 0) is 38.5 Å². The van der Waals surface area contributed by atoms with E-state index in [1.807, 2.05) is 0 Å². The number of nitrogens with one attached hydrogen (secondary N) is 1. The van der Waals surface area contributed by atoms with E-state index in [1.165, 1.54) is 6.07 Å². The Morgan fingerprint density at radius 1 is 1.40 bits per heavy atom. The van der Waals surface area contributed by atoms with Crippen molar-refractivity contribution in [3.05, 3.63) is 35.4 Å². The molecule has 0 aliphatic heterocycles. The zero-order chi connectivity index (χ0) is 15.3. The van der Waals surface area contributed by atoms with Gasteiger partial charge in [-0.1, -0.05) is 12.1 Å².